The first-order valence-corrected chi connectivity index (χ1v) is 6.97. The van der Waals surface area contributed by atoms with Crippen molar-refractivity contribution in [1.29, 1.82) is 0 Å². The summed E-state index contributed by atoms with van der Waals surface area (Å²) in [6.07, 6.45) is 2.80. The fourth-order valence-electron chi connectivity index (χ4n) is 2.78. The summed E-state index contributed by atoms with van der Waals surface area (Å²) >= 11 is 0. The maximum Gasteiger partial charge on any atom is 0.326 e. The molecule has 0 bridgehead atoms. The molecule has 0 fully saturated rings. The second-order valence-electron chi connectivity index (χ2n) is 5.41. The van der Waals surface area contributed by atoms with Crippen LogP contribution in [-0.4, -0.2) is 38.6 Å². The molecule has 7 nitrogen and oxygen atoms in total. The molecule has 7 heteroatoms. The minimum Gasteiger partial charge on any atom is -0.480 e. The quantitative estimate of drug-likeness (QED) is 0.886. The van der Waals surface area contributed by atoms with E-state index in [2.05, 4.69) is 0 Å². The molecular weight excluding hydrogens is 302 g/mol. The smallest absolute Gasteiger partial charge is 0.326 e. The van der Waals surface area contributed by atoms with Gasteiger partial charge in [0.15, 0.2) is 5.76 Å². The molecule has 0 radical (unpaired) electrons. The van der Waals surface area contributed by atoms with E-state index in [1.807, 2.05) is 0 Å². The summed E-state index contributed by atoms with van der Waals surface area (Å²) in [5, 5.41) is 20.0. The lowest BCUT2D eigenvalue weighted by atomic mass is 10.0. The minimum absolute atomic E-state index is 0.0862. The van der Waals surface area contributed by atoms with Gasteiger partial charge in [0.1, 0.15) is 11.8 Å². The molecule has 2 aromatic rings. The Kier molecular flexibility index (Phi) is 3.37. The van der Waals surface area contributed by atoms with Gasteiger partial charge in [-0.15, -0.1) is 0 Å². The number of aliphatic carboxylic acids is 1. The zero-order chi connectivity index (χ0) is 16.8. The van der Waals surface area contributed by atoms with Crippen LogP contribution in [0.5, 0.6) is 0 Å². The van der Waals surface area contributed by atoms with Gasteiger partial charge >= 0.3 is 5.97 Å². The van der Waals surface area contributed by atoms with E-state index in [0.29, 0.717) is 0 Å². The molecular formula is C16H15NO6. The number of ketones is 1. The molecule has 0 unspecified atom stereocenters. The number of nitrogens with zero attached hydrogens (tertiary/aromatic N) is 1. The molecule has 0 aliphatic carbocycles. The van der Waals surface area contributed by atoms with Gasteiger partial charge in [0, 0.05) is 0 Å². The van der Waals surface area contributed by atoms with Crippen LogP contribution in [0.1, 0.15) is 25.4 Å². The van der Waals surface area contributed by atoms with Crippen molar-refractivity contribution < 1.29 is 28.6 Å². The highest BCUT2D eigenvalue weighted by atomic mass is 16.4. The molecule has 0 saturated heterocycles. The van der Waals surface area contributed by atoms with Crippen molar-refractivity contribution in [3.8, 4) is 0 Å². The number of Topliss-reactive ketones (excluding diaryl/α,β-unsaturated/α-hetero) is 1. The van der Waals surface area contributed by atoms with Crippen LogP contribution < -0.4 is 0 Å². The number of carboxylic acid groups (broad SMARTS) is 1. The average molecular weight is 317 g/mol. The Morgan fingerprint density at radius 2 is 1.78 bits per heavy atom. The summed E-state index contributed by atoms with van der Waals surface area (Å²) in [5.41, 5.74) is -1.75. The highest BCUT2D eigenvalue weighted by Crippen LogP contribution is 2.44. The Morgan fingerprint density at radius 1 is 1.22 bits per heavy atom. The minimum atomic E-state index is -2.03. The van der Waals surface area contributed by atoms with E-state index in [1.54, 1.807) is 24.3 Å². The lowest BCUT2D eigenvalue weighted by molar-refractivity contribution is -0.155. The molecule has 120 valence electrons. The summed E-state index contributed by atoms with van der Waals surface area (Å²) < 4.78 is 10.6. The molecule has 1 aliphatic heterocycles. The average Bonchev–Trinajstić information content (AvgIpc) is 3.20. The van der Waals surface area contributed by atoms with Gasteiger partial charge in [0.25, 0.3) is 0 Å². The van der Waals surface area contributed by atoms with Crippen LogP contribution >= 0.6 is 0 Å². The van der Waals surface area contributed by atoms with E-state index in [0.717, 1.165) is 4.90 Å². The lowest BCUT2D eigenvalue weighted by Crippen LogP contribution is -2.52. The first-order chi connectivity index (χ1) is 10.9. The van der Waals surface area contributed by atoms with E-state index in [-0.39, 0.29) is 22.8 Å². The van der Waals surface area contributed by atoms with Crippen molar-refractivity contribution in [2.24, 2.45) is 0 Å². The van der Waals surface area contributed by atoms with Crippen molar-refractivity contribution in [3.63, 3.8) is 0 Å². The van der Waals surface area contributed by atoms with E-state index in [1.165, 1.54) is 26.4 Å². The van der Waals surface area contributed by atoms with Crippen LogP contribution in [0.2, 0.25) is 0 Å². The third-order valence-electron chi connectivity index (χ3n) is 3.87. The van der Waals surface area contributed by atoms with Crippen LogP contribution in [0, 0.1) is 0 Å². The molecule has 1 aliphatic rings. The molecule has 0 saturated carbocycles. The molecule has 2 atom stereocenters. The lowest BCUT2D eigenvalue weighted by Gasteiger charge is -2.35. The highest BCUT2D eigenvalue weighted by Gasteiger charge is 2.53. The van der Waals surface area contributed by atoms with Crippen LogP contribution in [-0.2, 0) is 9.59 Å². The van der Waals surface area contributed by atoms with Gasteiger partial charge in [-0.25, -0.2) is 4.79 Å². The summed E-state index contributed by atoms with van der Waals surface area (Å²) in [5.74, 6) is -1.31. The van der Waals surface area contributed by atoms with Crippen LogP contribution in [0.15, 0.2) is 45.6 Å². The van der Waals surface area contributed by atoms with Gasteiger partial charge in [0.05, 0.1) is 23.8 Å². The SMILES string of the molecule is C[C@@H](C(=O)O)N1C(c2ccco2)=C(c2ccco2)C(=O)[C@@]1(C)O. The molecule has 2 N–H and O–H groups in total. The van der Waals surface area contributed by atoms with Gasteiger partial charge in [-0.05, 0) is 38.1 Å². The summed E-state index contributed by atoms with van der Waals surface area (Å²) in [6, 6.07) is 5.23. The number of carboxylic acids is 1. The number of rotatable bonds is 4. The zero-order valence-electron chi connectivity index (χ0n) is 12.5. The number of hydrogen-bond acceptors (Lipinski definition) is 6. The second-order valence-corrected chi connectivity index (χ2v) is 5.41. The number of aliphatic hydroxyl groups is 1. The van der Waals surface area contributed by atoms with E-state index in [9.17, 15) is 19.8 Å². The fourth-order valence-corrected chi connectivity index (χ4v) is 2.78. The van der Waals surface area contributed by atoms with Crippen molar-refractivity contribution in [3.05, 3.63) is 48.3 Å². The standard InChI is InChI=1S/C16H15NO6/c1-9(15(19)20)17-13(11-6-4-8-23-11)12(10-5-3-7-22-10)14(18)16(17,2)21/h3-9,21H,1-2H3,(H,19,20)/t9-,16+/m0/s1. The number of carbonyl (C=O) groups excluding carboxylic acids is 1. The molecule has 23 heavy (non-hydrogen) atoms. The zero-order valence-corrected chi connectivity index (χ0v) is 12.5. The third kappa shape index (κ3) is 2.17. The molecule has 2 aromatic heterocycles. The van der Waals surface area contributed by atoms with Crippen molar-refractivity contribution in [2.45, 2.75) is 25.6 Å². The molecule has 3 heterocycles. The van der Waals surface area contributed by atoms with Gasteiger partial charge < -0.3 is 23.9 Å². The van der Waals surface area contributed by atoms with Crippen LogP contribution in [0.3, 0.4) is 0 Å². The third-order valence-corrected chi connectivity index (χ3v) is 3.87. The van der Waals surface area contributed by atoms with Crippen LogP contribution in [0.4, 0.5) is 0 Å². The Balaban J connectivity index is 2.29. The molecule has 0 spiro atoms. The summed E-state index contributed by atoms with van der Waals surface area (Å²) in [6.45, 7) is 2.64. The fraction of sp³-hybridized carbons (Fsp3) is 0.250. The van der Waals surface area contributed by atoms with Crippen molar-refractivity contribution >= 4 is 23.0 Å². The Hall–Kier alpha value is -2.80. The van der Waals surface area contributed by atoms with E-state index >= 15 is 0 Å². The van der Waals surface area contributed by atoms with Crippen molar-refractivity contribution in [1.82, 2.24) is 4.90 Å². The maximum atomic E-state index is 12.7. The normalized spacial score (nSPS) is 22.7. The predicted octanol–water partition coefficient (Wildman–Crippen LogP) is 1.81. The topological polar surface area (TPSA) is 104 Å². The van der Waals surface area contributed by atoms with Gasteiger partial charge in [0.2, 0.25) is 11.5 Å². The van der Waals surface area contributed by atoms with Gasteiger partial charge in [-0.3, -0.25) is 4.79 Å². The highest BCUT2D eigenvalue weighted by molar-refractivity contribution is 6.33. The number of hydrogen-bond donors (Lipinski definition) is 2. The maximum absolute atomic E-state index is 12.7. The van der Waals surface area contributed by atoms with Crippen molar-refractivity contribution in [2.75, 3.05) is 0 Å². The van der Waals surface area contributed by atoms with Gasteiger partial charge in [-0.2, -0.15) is 0 Å². The number of furan rings is 2. The molecule has 0 amide bonds. The Labute approximate surface area is 131 Å². The largest absolute Gasteiger partial charge is 0.480 e. The van der Waals surface area contributed by atoms with E-state index < -0.39 is 23.5 Å². The van der Waals surface area contributed by atoms with E-state index in [4.69, 9.17) is 8.83 Å². The van der Waals surface area contributed by atoms with Gasteiger partial charge in [-0.1, -0.05) is 0 Å². The first-order valence-electron chi connectivity index (χ1n) is 6.97. The van der Waals surface area contributed by atoms with Crippen LogP contribution in [0.25, 0.3) is 11.3 Å². The molecule has 0 aromatic carbocycles. The monoisotopic (exact) mass is 317 g/mol. The Bertz CT molecular complexity index is 770. The summed E-state index contributed by atoms with van der Waals surface area (Å²) in [4.78, 5) is 25.3. The predicted molar refractivity (Wildman–Crippen MR) is 78.8 cm³/mol. The number of carbonyl (C=O) groups is 2. The first kappa shape index (κ1) is 15.1. The Morgan fingerprint density at radius 3 is 2.26 bits per heavy atom. The molecule has 3 rings (SSSR count). The summed E-state index contributed by atoms with van der Waals surface area (Å²) in [7, 11) is 0. The second kappa shape index (κ2) is 5.13.